The van der Waals surface area contributed by atoms with Crippen LogP contribution >= 0.6 is 0 Å². The molecule has 0 atom stereocenters. The molecule has 0 aromatic heterocycles. The van der Waals surface area contributed by atoms with E-state index < -0.39 is 5.97 Å². The molecule has 0 fully saturated rings. The predicted octanol–water partition coefficient (Wildman–Crippen LogP) is 0.871. The summed E-state index contributed by atoms with van der Waals surface area (Å²) in [6.45, 7) is 0. The van der Waals surface area contributed by atoms with Crippen molar-refractivity contribution in [2.24, 2.45) is 0 Å². The van der Waals surface area contributed by atoms with Crippen molar-refractivity contribution in [3.8, 4) is 0 Å². The van der Waals surface area contributed by atoms with E-state index in [1.807, 2.05) is 0 Å². The summed E-state index contributed by atoms with van der Waals surface area (Å²) >= 11 is -0.207. The second kappa shape index (κ2) is 7.28. The molecule has 0 bridgehead atoms. The van der Waals surface area contributed by atoms with Crippen molar-refractivity contribution in [2.45, 2.75) is 44.9 Å². The van der Waals surface area contributed by atoms with Crippen LogP contribution in [0.2, 0.25) is 0 Å². The van der Waals surface area contributed by atoms with Crippen molar-refractivity contribution in [1.82, 2.24) is 0 Å². The number of carbonyl (C=O) groups is 1. The summed E-state index contributed by atoms with van der Waals surface area (Å²) in [7, 11) is 0. The first-order valence-electron chi connectivity index (χ1n) is 5.22. The number of unbranched alkanes of at least 4 members (excludes halogenated alkanes) is 4. The molecule has 0 aliphatic carbocycles. The summed E-state index contributed by atoms with van der Waals surface area (Å²) in [5.74, 6) is -0.909. The van der Waals surface area contributed by atoms with Gasteiger partial charge in [-0.05, 0) is 0 Å². The zero-order valence-electron chi connectivity index (χ0n) is 8.37. The van der Waals surface area contributed by atoms with E-state index in [1.54, 1.807) is 3.21 Å². The van der Waals surface area contributed by atoms with Gasteiger partial charge in [0.25, 0.3) is 0 Å². The van der Waals surface area contributed by atoms with Gasteiger partial charge >= 0.3 is 96.6 Å². The van der Waals surface area contributed by atoms with Gasteiger partial charge in [-0.2, -0.15) is 0 Å². The Balaban J connectivity index is 1.78. The maximum atomic E-state index is 10.1. The molecule has 1 heterocycles. The average molecular weight is 389 g/mol. The molecule has 14 heavy (non-hydrogen) atoms. The molecule has 0 saturated heterocycles. The molecule has 1 aliphatic rings. The van der Waals surface area contributed by atoms with Crippen LogP contribution < -0.4 is 5.11 Å². The number of rotatable bonds is 8. The second-order valence-electron chi connectivity index (χ2n) is 3.58. The van der Waals surface area contributed by atoms with Gasteiger partial charge in [0.2, 0.25) is 0 Å². The fourth-order valence-corrected chi connectivity index (χ4v) is 3.95. The van der Waals surface area contributed by atoms with E-state index in [2.05, 4.69) is 9.86 Å². The van der Waals surface area contributed by atoms with Gasteiger partial charge in [-0.1, -0.05) is 0 Å². The van der Waals surface area contributed by atoms with Crippen LogP contribution in [-0.4, -0.2) is 31.9 Å². The van der Waals surface area contributed by atoms with E-state index in [9.17, 15) is 9.90 Å². The van der Waals surface area contributed by atoms with Crippen molar-refractivity contribution < 1.29 is 9.90 Å². The Morgan fingerprint density at radius 2 is 1.86 bits per heavy atom. The van der Waals surface area contributed by atoms with Gasteiger partial charge < -0.3 is 0 Å². The fraction of sp³-hybridized carbons (Fsp3) is 0.636. The Kier molecular flexibility index (Phi) is 6.26. The molecule has 2 nitrogen and oxygen atoms in total. The third-order valence-corrected chi connectivity index (χ3v) is 6.22. The number of aliphatic carboxylic acids is 1. The van der Waals surface area contributed by atoms with Crippen LogP contribution in [0.25, 0.3) is 0 Å². The van der Waals surface area contributed by atoms with Crippen LogP contribution in [-0.2, 0) is 4.79 Å². The van der Waals surface area contributed by atoms with Gasteiger partial charge in [0.05, 0.1) is 0 Å². The van der Waals surface area contributed by atoms with E-state index >= 15 is 0 Å². The molecule has 0 spiro atoms. The summed E-state index contributed by atoms with van der Waals surface area (Å²) in [4.78, 5) is 10.1. The molecule has 0 aromatic rings. The van der Waals surface area contributed by atoms with Crippen LogP contribution in [0.4, 0.5) is 0 Å². The summed E-state index contributed by atoms with van der Waals surface area (Å²) in [5, 5.41) is 10.1. The van der Waals surface area contributed by atoms with E-state index in [-0.39, 0.29) is 29.2 Å². The van der Waals surface area contributed by atoms with E-state index in [4.69, 9.17) is 0 Å². The van der Waals surface area contributed by atoms with Gasteiger partial charge in [-0.15, -0.1) is 0 Å². The first-order chi connectivity index (χ1) is 6.79. The third kappa shape index (κ3) is 5.64. The Bertz CT molecular complexity index is 244. The molecule has 1 rings (SSSR count). The quantitative estimate of drug-likeness (QED) is 0.457. The summed E-state index contributed by atoms with van der Waals surface area (Å²) in [6, 6.07) is 0. The molecule has 0 radical (unpaired) electrons. The normalized spacial score (nSPS) is 13.6. The minimum atomic E-state index is -0.909. The predicted molar refractivity (Wildman–Crippen MR) is 57.2 cm³/mol. The molecule has 0 aromatic carbocycles. The van der Waals surface area contributed by atoms with Crippen molar-refractivity contribution in [1.29, 1.82) is 0 Å². The molecular formula is C11H16BiO2-. The topological polar surface area (TPSA) is 40.1 Å². The number of hydrogen-bond donors (Lipinski definition) is 0. The van der Waals surface area contributed by atoms with Crippen LogP contribution in [0.15, 0.2) is 9.86 Å². The monoisotopic (exact) mass is 389 g/mol. The third-order valence-electron chi connectivity index (χ3n) is 2.32. The van der Waals surface area contributed by atoms with E-state index in [0.29, 0.717) is 0 Å². The van der Waals surface area contributed by atoms with Crippen molar-refractivity contribution >= 4 is 31.9 Å². The fourth-order valence-electron chi connectivity index (χ4n) is 1.43. The number of hydrogen-bond acceptors (Lipinski definition) is 2. The molecule has 0 saturated carbocycles. The summed E-state index contributed by atoms with van der Waals surface area (Å²) in [5.41, 5.74) is 0. The molecular weight excluding hydrogens is 373 g/mol. The Morgan fingerprint density at radius 3 is 2.43 bits per heavy atom. The standard InChI is InChI=1S/C11H17O2.Bi/c1-2-3-4-5-6-7-8-9-10-11(12)13;/h1-2H,4-10H2,(H,12,13);/p-1. The van der Waals surface area contributed by atoms with Gasteiger partial charge in [0, 0.05) is 0 Å². The first-order valence-corrected chi connectivity index (χ1v) is 8.97. The number of allylic oxidation sites excluding steroid dienone is 1. The Morgan fingerprint density at radius 1 is 1.21 bits per heavy atom. The summed E-state index contributed by atoms with van der Waals surface area (Å²) < 4.78 is 4.12. The number of carboxylic acid groups (broad SMARTS) is 1. The molecule has 0 N–H and O–H groups in total. The van der Waals surface area contributed by atoms with E-state index in [1.165, 1.54) is 25.7 Å². The Hall–Kier alpha value is -0.0369. The first kappa shape index (κ1) is 12.0. The molecule has 0 unspecified atom stereocenters. The van der Waals surface area contributed by atoms with Crippen molar-refractivity contribution in [2.75, 3.05) is 0 Å². The SMILES string of the molecule is O=C([O-])CCCCCCC[C]1=[Bi][CH]=C1. The minimum absolute atomic E-state index is 0.207. The zero-order valence-corrected chi connectivity index (χ0v) is 11.8. The molecule has 78 valence electrons. The second-order valence-corrected chi connectivity index (χ2v) is 7.97. The van der Waals surface area contributed by atoms with Crippen LogP contribution in [0.5, 0.6) is 0 Å². The number of carbonyl (C=O) groups excluding carboxylic acids is 1. The average Bonchev–Trinajstić information content (AvgIpc) is 2.06. The van der Waals surface area contributed by atoms with Crippen molar-refractivity contribution in [3.05, 3.63) is 9.86 Å². The molecule has 3 heteroatoms. The van der Waals surface area contributed by atoms with Gasteiger partial charge in [-0.3, -0.25) is 0 Å². The van der Waals surface area contributed by atoms with Gasteiger partial charge in [0.1, 0.15) is 0 Å². The van der Waals surface area contributed by atoms with E-state index in [0.717, 1.165) is 12.8 Å². The van der Waals surface area contributed by atoms with Crippen LogP contribution in [0.1, 0.15) is 44.9 Å². The summed E-state index contributed by atoms with van der Waals surface area (Å²) in [6.07, 6.45) is 9.39. The Labute approximate surface area is 96.4 Å². The molecule has 0 amide bonds. The van der Waals surface area contributed by atoms with Crippen molar-refractivity contribution in [3.63, 3.8) is 0 Å². The van der Waals surface area contributed by atoms with Gasteiger partial charge in [0.15, 0.2) is 0 Å². The maximum absolute atomic E-state index is 10.1. The van der Waals surface area contributed by atoms with Crippen LogP contribution in [0.3, 0.4) is 0 Å². The molecule has 1 aliphatic heterocycles. The van der Waals surface area contributed by atoms with Gasteiger partial charge in [-0.25, -0.2) is 0 Å². The zero-order chi connectivity index (χ0) is 10.2. The number of carboxylic acids is 1. The van der Waals surface area contributed by atoms with Crippen LogP contribution in [0, 0.1) is 0 Å².